The van der Waals surface area contributed by atoms with Gasteiger partial charge < -0.3 is 0 Å². The molecule has 3 heteroatoms. The van der Waals surface area contributed by atoms with E-state index in [0.717, 1.165) is 12.1 Å². The normalized spacial score (nSPS) is 11.5. The van der Waals surface area contributed by atoms with Crippen molar-refractivity contribution < 1.29 is 19.4 Å². The Bertz CT molecular complexity index is 261. The van der Waals surface area contributed by atoms with Crippen LogP contribution in [-0.2, 0) is 25.9 Å². The summed E-state index contributed by atoms with van der Waals surface area (Å²) in [5.74, 6) is 0. The third-order valence-corrected chi connectivity index (χ3v) is 2.15. The van der Waals surface area contributed by atoms with E-state index in [9.17, 15) is 0 Å². The van der Waals surface area contributed by atoms with Crippen molar-refractivity contribution in [2.45, 2.75) is 25.8 Å². The maximum atomic E-state index is 5.92. The number of nitrogens with one attached hydrogen (secondary N) is 1. The number of hydrogen-bond acceptors (Lipinski definition) is 2. The second-order valence-corrected chi connectivity index (χ2v) is 4.33. The number of anilines is 1. The summed E-state index contributed by atoms with van der Waals surface area (Å²) in [4.78, 5) is 0. The third kappa shape index (κ3) is 3.91. The van der Waals surface area contributed by atoms with E-state index in [0.29, 0.717) is 0 Å². The Morgan fingerprint density at radius 1 is 1.31 bits per heavy atom. The van der Waals surface area contributed by atoms with Gasteiger partial charge in [0, 0.05) is 0 Å². The minimum absolute atomic E-state index is 0.133. The van der Waals surface area contributed by atoms with Crippen molar-refractivity contribution in [3.05, 3.63) is 29.8 Å². The molecule has 0 radical (unpaired) electrons. The monoisotopic (exact) mass is 269 g/mol. The van der Waals surface area contributed by atoms with Crippen LogP contribution in [0, 0.1) is 0 Å². The Kier molecular flexibility index (Phi) is 3.49. The van der Waals surface area contributed by atoms with Crippen LogP contribution in [0.25, 0.3) is 0 Å². The van der Waals surface area contributed by atoms with Crippen LogP contribution in [0.4, 0.5) is 5.69 Å². The molecular weight excluding hydrogens is 255 g/mol. The zero-order chi connectivity index (χ0) is 9.90. The van der Waals surface area contributed by atoms with Gasteiger partial charge in [0.25, 0.3) is 0 Å². The molecule has 1 aromatic carbocycles. The molecule has 0 fully saturated rings. The van der Waals surface area contributed by atoms with Crippen molar-refractivity contribution in [2.24, 2.45) is 5.73 Å². The SMILES string of the molecule is CC(C)(N)Cc1ccc([NH][Pd])cc1. The average molecular weight is 270 g/mol. The predicted molar refractivity (Wildman–Crippen MR) is 52.0 cm³/mol. The molecule has 0 spiro atoms. The van der Waals surface area contributed by atoms with E-state index in [1.54, 1.807) is 0 Å². The van der Waals surface area contributed by atoms with E-state index < -0.39 is 0 Å². The number of rotatable bonds is 3. The van der Waals surface area contributed by atoms with Crippen LogP contribution in [0.15, 0.2) is 24.3 Å². The molecule has 0 saturated heterocycles. The zero-order valence-electron chi connectivity index (χ0n) is 7.91. The van der Waals surface area contributed by atoms with E-state index in [1.807, 2.05) is 26.0 Å². The van der Waals surface area contributed by atoms with Crippen LogP contribution in [0.1, 0.15) is 19.4 Å². The Morgan fingerprint density at radius 3 is 2.23 bits per heavy atom. The Morgan fingerprint density at radius 2 is 1.85 bits per heavy atom. The fraction of sp³-hybridized carbons (Fsp3) is 0.400. The number of hydrogen-bond donors (Lipinski definition) is 2. The fourth-order valence-corrected chi connectivity index (χ4v) is 1.46. The predicted octanol–water partition coefficient (Wildman–Crippen LogP) is 1.84. The van der Waals surface area contributed by atoms with Gasteiger partial charge in [-0.15, -0.1) is 0 Å². The van der Waals surface area contributed by atoms with Gasteiger partial charge in [-0.1, -0.05) is 0 Å². The van der Waals surface area contributed by atoms with Gasteiger partial charge in [0.2, 0.25) is 0 Å². The first-order chi connectivity index (χ1) is 6.01. The number of nitrogens with two attached hydrogens (primary N) is 1. The van der Waals surface area contributed by atoms with Crippen LogP contribution >= 0.6 is 0 Å². The molecule has 13 heavy (non-hydrogen) atoms. The summed E-state index contributed by atoms with van der Waals surface area (Å²) < 4.78 is 2.94. The van der Waals surface area contributed by atoms with Gasteiger partial charge in [0.1, 0.15) is 0 Å². The standard InChI is InChI=1S/C10H15N2.Pd/c1-10(2,12)7-8-3-5-9(11)6-4-8;/h3-6,11H,7,12H2,1-2H3;/q-1;+1. The molecule has 2 nitrogen and oxygen atoms in total. The number of benzene rings is 1. The van der Waals surface area contributed by atoms with Crippen molar-refractivity contribution in [1.82, 2.24) is 0 Å². The summed E-state index contributed by atoms with van der Waals surface area (Å²) in [6.45, 7) is 4.07. The van der Waals surface area contributed by atoms with Gasteiger partial charge in [0.05, 0.1) is 0 Å². The molecule has 0 aliphatic rings. The van der Waals surface area contributed by atoms with Crippen molar-refractivity contribution >= 4 is 5.69 Å². The van der Waals surface area contributed by atoms with Gasteiger partial charge in [0.15, 0.2) is 0 Å². The average Bonchev–Trinajstić information content (AvgIpc) is 2.03. The van der Waals surface area contributed by atoms with Crippen molar-refractivity contribution in [2.75, 3.05) is 3.95 Å². The van der Waals surface area contributed by atoms with Crippen molar-refractivity contribution in [3.63, 3.8) is 0 Å². The maximum absolute atomic E-state index is 5.92. The molecule has 0 bridgehead atoms. The summed E-state index contributed by atoms with van der Waals surface area (Å²) >= 11 is 2.92. The molecule has 0 aliphatic heterocycles. The summed E-state index contributed by atoms with van der Waals surface area (Å²) in [5.41, 5.74) is 8.12. The molecular formula is C10H15N2Pd. The van der Waals surface area contributed by atoms with Crippen LogP contribution in [0.2, 0.25) is 0 Å². The van der Waals surface area contributed by atoms with Gasteiger partial charge in [-0.2, -0.15) is 0 Å². The Balaban J connectivity index is 2.70. The van der Waals surface area contributed by atoms with Crippen molar-refractivity contribution in [3.8, 4) is 0 Å². The molecule has 3 N–H and O–H groups in total. The molecule has 0 unspecified atom stereocenters. The quantitative estimate of drug-likeness (QED) is 0.822. The molecule has 0 heterocycles. The second-order valence-electron chi connectivity index (χ2n) is 3.94. The third-order valence-electron chi connectivity index (χ3n) is 1.70. The minimum atomic E-state index is -0.133. The van der Waals surface area contributed by atoms with E-state index in [4.69, 9.17) is 5.73 Å². The van der Waals surface area contributed by atoms with Crippen LogP contribution in [0.3, 0.4) is 0 Å². The van der Waals surface area contributed by atoms with Gasteiger partial charge >= 0.3 is 90.5 Å². The summed E-state index contributed by atoms with van der Waals surface area (Å²) in [5, 5.41) is 0. The molecule has 0 atom stereocenters. The zero-order valence-corrected chi connectivity index (χ0v) is 9.46. The Labute approximate surface area is 90.6 Å². The van der Waals surface area contributed by atoms with E-state index in [1.165, 1.54) is 5.56 Å². The summed E-state index contributed by atoms with van der Waals surface area (Å²) in [6, 6.07) is 8.24. The van der Waals surface area contributed by atoms with Crippen LogP contribution in [-0.4, -0.2) is 5.54 Å². The molecule has 75 valence electrons. The first-order valence-electron chi connectivity index (χ1n) is 4.23. The molecule has 1 rings (SSSR count). The van der Waals surface area contributed by atoms with E-state index >= 15 is 0 Å². The molecule has 0 amide bonds. The first-order valence-corrected chi connectivity index (χ1v) is 5.00. The van der Waals surface area contributed by atoms with E-state index in [-0.39, 0.29) is 5.54 Å². The second kappa shape index (κ2) is 4.24. The summed E-state index contributed by atoms with van der Waals surface area (Å²) in [7, 11) is 0. The topological polar surface area (TPSA) is 38.0 Å². The molecule has 0 aromatic heterocycles. The van der Waals surface area contributed by atoms with Gasteiger partial charge in [-0.05, 0) is 0 Å². The summed E-state index contributed by atoms with van der Waals surface area (Å²) in [6.07, 6.45) is 0.901. The molecule has 1 aromatic rings. The van der Waals surface area contributed by atoms with Crippen molar-refractivity contribution in [1.29, 1.82) is 0 Å². The Hall–Kier alpha value is -0.358. The molecule has 0 aliphatic carbocycles. The van der Waals surface area contributed by atoms with Gasteiger partial charge in [-0.25, -0.2) is 0 Å². The van der Waals surface area contributed by atoms with Gasteiger partial charge in [-0.3, -0.25) is 0 Å². The van der Waals surface area contributed by atoms with Crippen LogP contribution in [0.5, 0.6) is 0 Å². The van der Waals surface area contributed by atoms with E-state index in [2.05, 4.69) is 35.5 Å². The first kappa shape index (κ1) is 10.7. The van der Waals surface area contributed by atoms with Crippen LogP contribution < -0.4 is 9.68 Å². The fourth-order valence-electron chi connectivity index (χ4n) is 1.20. The molecule has 0 saturated carbocycles.